The third-order valence-electron chi connectivity index (χ3n) is 6.43. The fourth-order valence-corrected chi connectivity index (χ4v) is 4.33. The second kappa shape index (κ2) is 11.1. The number of anilines is 2. The summed E-state index contributed by atoms with van der Waals surface area (Å²) in [5.41, 5.74) is 1.66. The average molecular weight is 534 g/mol. The summed E-state index contributed by atoms with van der Waals surface area (Å²) in [4.78, 5) is 20.8. The summed E-state index contributed by atoms with van der Waals surface area (Å²) in [6.45, 7) is 3.21. The number of carbonyl (C=O) groups is 1. The molecule has 1 saturated heterocycles. The summed E-state index contributed by atoms with van der Waals surface area (Å²) in [5.74, 6) is 6.29. The Morgan fingerprint density at radius 1 is 1.03 bits per heavy atom. The Bertz CT molecular complexity index is 1550. The predicted octanol–water partition coefficient (Wildman–Crippen LogP) is 4.54. The van der Waals surface area contributed by atoms with E-state index < -0.39 is 17.8 Å². The number of aromatic nitrogens is 3. The molecule has 1 aliphatic rings. The summed E-state index contributed by atoms with van der Waals surface area (Å²) < 4.78 is 43.3. The first kappa shape index (κ1) is 26.2. The van der Waals surface area contributed by atoms with Gasteiger partial charge in [-0.3, -0.25) is 10.2 Å². The summed E-state index contributed by atoms with van der Waals surface area (Å²) in [6, 6.07) is 12.1. The molecule has 3 aromatic heterocycles. The van der Waals surface area contributed by atoms with Crippen molar-refractivity contribution in [1.29, 1.82) is 0 Å². The van der Waals surface area contributed by atoms with Gasteiger partial charge < -0.3 is 10.2 Å². The van der Waals surface area contributed by atoms with Crippen molar-refractivity contribution in [1.82, 2.24) is 24.4 Å². The van der Waals surface area contributed by atoms with Crippen LogP contribution in [0.4, 0.5) is 29.5 Å². The summed E-state index contributed by atoms with van der Waals surface area (Å²) in [6.07, 6.45) is 0.435. The van der Waals surface area contributed by atoms with Crippen LogP contribution in [0, 0.1) is 11.8 Å². The minimum atomic E-state index is -4.55. The normalized spacial score (nSPS) is 14.6. The van der Waals surface area contributed by atoms with Gasteiger partial charge in [0.1, 0.15) is 5.82 Å². The highest BCUT2D eigenvalue weighted by atomic mass is 19.4. The Morgan fingerprint density at radius 2 is 1.85 bits per heavy atom. The largest absolute Gasteiger partial charge is 0.416 e. The van der Waals surface area contributed by atoms with Crippen LogP contribution in [0.1, 0.15) is 22.3 Å². The van der Waals surface area contributed by atoms with Crippen molar-refractivity contribution in [2.45, 2.75) is 12.7 Å². The van der Waals surface area contributed by atoms with Gasteiger partial charge in [-0.2, -0.15) is 18.3 Å². The fourth-order valence-electron chi connectivity index (χ4n) is 4.33. The van der Waals surface area contributed by atoms with E-state index in [2.05, 4.69) is 37.5 Å². The van der Waals surface area contributed by atoms with Gasteiger partial charge in [0.25, 0.3) is 0 Å². The van der Waals surface area contributed by atoms with Crippen LogP contribution in [0.3, 0.4) is 0 Å². The van der Waals surface area contributed by atoms with Crippen molar-refractivity contribution in [2.24, 2.45) is 0 Å². The SMILES string of the molecule is CN1CCN(Cc2ccc(NC(=O)Nc3cc(C#Cc4cnn5ccccc45)ccn3)cc2C(F)(F)F)CC1. The summed E-state index contributed by atoms with van der Waals surface area (Å²) in [7, 11) is 1.99. The van der Waals surface area contributed by atoms with Crippen LogP contribution in [0.5, 0.6) is 0 Å². The Morgan fingerprint density at radius 3 is 2.64 bits per heavy atom. The monoisotopic (exact) mass is 533 g/mol. The van der Waals surface area contributed by atoms with Crippen LogP contribution in [0.15, 0.2) is 67.1 Å². The summed E-state index contributed by atoms with van der Waals surface area (Å²) in [5, 5.41) is 9.28. The van der Waals surface area contributed by atoms with E-state index in [0.29, 0.717) is 18.7 Å². The first-order valence-corrected chi connectivity index (χ1v) is 12.3. The van der Waals surface area contributed by atoms with Gasteiger partial charge in [0, 0.05) is 56.4 Å². The van der Waals surface area contributed by atoms with E-state index in [-0.39, 0.29) is 23.6 Å². The molecule has 4 heterocycles. The fraction of sp³-hybridized carbons (Fsp3) is 0.250. The van der Waals surface area contributed by atoms with E-state index >= 15 is 0 Å². The predicted molar refractivity (Wildman–Crippen MR) is 142 cm³/mol. The lowest BCUT2D eigenvalue weighted by molar-refractivity contribution is -0.138. The van der Waals surface area contributed by atoms with Gasteiger partial charge >= 0.3 is 12.2 Å². The maximum atomic E-state index is 13.9. The number of pyridine rings is 2. The number of amides is 2. The molecule has 0 atom stereocenters. The van der Waals surface area contributed by atoms with Gasteiger partial charge in [0.15, 0.2) is 0 Å². The second-order valence-electron chi connectivity index (χ2n) is 9.30. The number of urea groups is 1. The molecule has 1 fully saturated rings. The first-order chi connectivity index (χ1) is 18.7. The number of halogens is 3. The van der Waals surface area contributed by atoms with Crippen molar-refractivity contribution in [2.75, 3.05) is 43.9 Å². The standard InChI is InChI=1S/C28H26F3N7O/c1-36-12-14-37(15-13-36)19-22-7-8-23(17-24(22)28(29,30)31)34-27(39)35-26-16-20(9-10-32-26)5-6-21-18-33-38-11-3-2-4-25(21)38/h2-4,7-11,16-18H,12-15,19H2,1H3,(H2,32,34,35,39). The Kier molecular flexibility index (Phi) is 7.49. The number of alkyl halides is 3. The van der Waals surface area contributed by atoms with Crippen LogP contribution < -0.4 is 10.6 Å². The van der Waals surface area contributed by atoms with Crippen LogP contribution in [-0.2, 0) is 12.7 Å². The van der Waals surface area contributed by atoms with Crippen molar-refractivity contribution in [3.8, 4) is 11.8 Å². The third-order valence-corrected chi connectivity index (χ3v) is 6.43. The molecule has 1 aromatic carbocycles. The molecular weight excluding hydrogens is 507 g/mol. The van der Waals surface area contributed by atoms with Gasteiger partial charge in [0.05, 0.1) is 22.8 Å². The zero-order chi connectivity index (χ0) is 27.4. The number of likely N-dealkylation sites (N-methyl/N-ethyl adjacent to an activating group) is 1. The number of fused-ring (bicyclic) bond motifs is 1. The number of rotatable bonds is 4. The molecular formula is C28H26F3N7O. The van der Waals surface area contributed by atoms with Crippen LogP contribution in [0.2, 0.25) is 0 Å². The van der Waals surface area contributed by atoms with E-state index in [9.17, 15) is 18.0 Å². The molecule has 0 unspecified atom stereocenters. The van der Waals surface area contributed by atoms with Gasteiger partial charge in [-0.05, 0) is 49.0 Å². The highest BCUT2D eigenvalue weighted by Gasteiger charge is 2.34. The molecule has 11 heteroatoms. The zero-order valence-corrected chi connectivity index (χ0v) is 21.2. The molecule has 200 valence electrons. The van der Waals surface area contributed by atoms with Gasteiger partial charge in [-0.15, -0.1) is 0 Å². The van der Waals surface area contributed by atoms with E-state index in [4.69, 9.17) is 0 Å². The number of hydrogen-bond donors (Lipinski definition) is 2. The second-order valence-corrected chi connectivity index (χ2v) is 9.30. The van der Waals surface area contributed by atoms with Gasteiger partial charge in [0.2, 0.25) is 0 Å². The number of nitrogens with zero attached hydrogens (tertiary/aromatic N) is 5. The number of hydrogen-bond acceptors (Lipinski definition) is 5. The number of carbonyl (C=O) groups excluding carboxylic acids is 1. The molecule has 5 rings (SSSR count). The van der Waals surface area contributed by atoms with Crippen molar-refractivity contribution >= 4 is 23.1 Å². The molecule has 39 heavy (non-hydrogen) atoms. The number of nitrogens with one attached hydrogen (secondary N) is 2. The minimum Gasteiger partial charge on any atom is -0.308 e. The maximum absolute atomic E-state index is 13.9. The average Bonchev–Trinajstić information content (AvgIpc) is 3.32. The van der Waals surface area contributed by atoms with E-state index in [1.54, 1.807) is 22.8 Å². The smallest absolute Gasteiger partial charge is 0.308 e. The van der Waals surface area contributed by atoms with E-state index in [1.165, 1.54) is 18.3 Å². The number of piperazine rings is 1. The van der Waals surface area contributed by atoms with Crippen molar-refractivity contribution < 1.29 is 18.0 Å². The van der Waals surface area contributed by atoms with Crippen molar-refractivity contribution in [3.05, 3.63) is 89.4 Å². The Balaban J connectivity index is 1.26. The highest BCUT2D eigenvalue weighted by Crippen LogP contribution is 2.34. The molecule has 1 aliphatic heterocycles. The van der Waals surface area contributed by atoms with Gasteiger partial charge in [-0.1, -0.05) is 24.0 Å². The summed E-state index contributed by atoms with van der Waals surface area (Å²) >= 11 is 0. The lowest BCUT2D eigenvalue weighted by atomic mass is 10.0. The highest BCUT2D eigenvalue weighted by molar-refractivity contribution is 5.99. The van der Waals surface area contributed by atoms with Gasteiger partial charge in [-0.25, -0.2) is 14.3 Å². The first-order valence-electron chi connectivity index (χ1n) is 12.3. The lowest BCUT2D eigenvalue weighted by Gasteiger charge is -2.33. The molecule has 0 spiro atoms. The minimum absolute atomic E-state index is 0.0333. The van der Waals surface area contributed by atoms with E-state index in [0.717, 1.165) is 30.2 Å². The Labute approximate surface area is 223 Å². The molecule has 2 N–H and O–H groups in total. The van der Waals surface area contributed by atoms with Crippen LogP contribution in [0.25, 0.3) is 5.52 Å². The maximum Gasteiger partial charge on any atom is 0.416 e. The van der Waals surface area contributed by atoms with E-state index in [1.807, 2.05) is 36.3 Å². The molecule has 0 bridgehead atoms. The molecule has 0 radical (unpaired) electrons. The Hall–Kier alpha value is -4.40. The zero-order valence-electron chi connectivity index (χ0n) is 21.2. The van der Waals surface area contributed by atoms with Crippen molar-refractivity contribution in [3.63, 3.8) is 0 Å². The number of benzene rings is 1. The quantitative estimate of drug-likeness (QED) is 0.377. The van der Waals surface area contributed by atoms with Crippen LogP contribution >= 0.6 is 0 Å². The molecule has 4 aromatic rings. The molecule has 0 aliphatic carbocycles. The molecule has 8 nitrogen and oxygen atoms in total. The lowest BCUT2D eigenvalue weighted by Crippen LogP contribution is -2.44. The third kappa shape index (κ3) is 6.54. The molecule has 0 saturated carbocycles. The topological polar surface area (TPSA) is 77.8 Å². The molecule has 2 amide bonds. The van der Waals surface area contributed by atoms with Crippen LogP contribution in [-0.4, -0.2) is 63.7 Å².